The monoisotopic (exact) mass is 559 g/mol. The molecule has 0 N–H and O–H groups in total. The first-order valence-electron chi connectivity index (χ1n) is 11.1. The summed E-state index contributed by atoms with van der Waals surface area (Å²) in [7, 11) is 2.36. The number of para-hydroxylation sites is 1. The summed E-state index contributed by atoms with van der Waals surface area (Å²) in [6.45, 7) is 1.27. The molecule has 0 unspecified atom stereocenters. The van der Waals surface area contributed by atoms with Crippen LogP contribution in [0.3, 0.4) is 0 Å². The smallest absolute Gasteiger partial charge is 0.343 e. The van der Waals surface area contributed by atoms with Crippen molar-refractivity contribution in [1.29, 1.82) is 0 Å². The van der Waals surface area contributed by atoms with Crippen molar-refractivity contribution in [1.82, 2.24) is 9.80 Å². The average Bonchev–Trinajstić information content (AvgIpc) is 2.84. The number of hydrogen-bond donors (Lipinski definition) is 0. The first kappa shape index (κ1) is 30.1. The van der Waals surface area contributed by atoms with Gasteiger partial charge in [-0.2, -0.15) is 13.2 Å². The summed E-state index contributed by atoms with van der Waals surface area (Å²) in [5.41, 5.74) is -1.09. The van der Waals surface area contributed by atoms with E-state index in [9.17, 15) is 32.3 Å². The number of nitrogens with zero attached hydrogens (tertiary/aromatic N) is 3. The van der Waals surface area contributed by atoms with Crippen LogP contribution in [0.4, 0.5) is 18.9 Å². The maximum Gasteiger partial charge on any atom is 0.397 e. The Bertz CT molecular complexity index is 1150. The summed E-state index contributed by atoms with van der Waals surface area (Å²) in [5.74, 6) is -3.26. The fourth-order valence-corrected chi connectivity index (χ4v) is 4.22. The number of amides is 3. The summed E-state index contributed by atoms with van der Waals surface area (Å²) in [6, 6.07) is 12.6. The quantitative estimate of drug-likeness (QED) is 0.329. The van der Waals surface area contributed by atoms with Gasteiger partial charge in [0.25, 0.3) is 0 Å². The number of hydrogen-bond acceptors (Lipinski definition) is 4. The van der Waals surface area contributed by atoms with Crippen LogP contribution in [-0.2, 0) is 24.7 Å². The highest BCUT2D eigenvalue weighted by atomic mass is 35.5. The predicted molar refractivity (Wildman–Crippen MR) is 134 cm³/mol. The van der Waals surface area contributed by atoms with Crippen molar-refractivity contribution >= 4 is 52.9 Å². The minimum Gasteiger partial charge on any atom is -0.343 e. The van der Waals surface area contributed by atoms with Crippen molar-refractivity contribution in [2.45, 2.75) is 31.5 Å². The number of aldehydes is 1. The first-order chi connectivity index (χ1) is 17.3. The van der Waals surface area contributed by atoms with Crippen molar-refractivity contribution in [2.24, 2.45) is 0 Å². The Morgan fingerprint density at radius 3 is 2.08 bits per heavy atom. The van der Waals surface area contributed by atoms with Gasteiger partial charge in [0.05, 0.1) is 15.6 Å². The van der Waals surface area contributed by atoms with E-state index in [2.05, 4.69) is 0 Å². The lowest BCUT2D eigenvalue weighted by atomic mass is 9.84. The van der Waals surface area contributed by atoms with Crippen LogP contribution in [0.25, 0.3) is 0 Å². The van der Waals surface area contributed by atoms with Gasteiger partial charge in [-0.05, 0) is 36.8 Å². The van der Waals surface area contributed by atoms with Crippen molar-refractivity contribution in [2.75, 3.05) is 32.1 Å². The van der Waals surface area contributed by atoms with E-state index in [0.717, 1.165) is 16.8 Å². The molecule has 0 saturated heterocycles. The largest absolute Gasteiger partial charge is 0.397 e. The molecule has 2 rings (SSSR count). The van der Waals surface area contributed by atoms with Gasteiger partial charge in [-0.3, -0.25) is 14.4 Å². The Labute approximate surface area is 222 Å². The molecule has 2 aromatic rings. The minimum atomic E-state index is -4.77. The highest BCUT2D eigenvalue weighted by Gasteiger charge is 2.45. The van der Waals surface area contributed by atoms with E-state index in [0.29, 0.717) is 12.0 Å². The summed E-state index contributed by atoms with van der Waals surface area (Å²) < 4.78 is 38.7. The standard InChI is InChI=1S/C25H26Cl2F3N3O4/c1-4-33(18-8-6-5-7-9-18)23(37)22(36)32(3)24(12-13-34,17-10-11-19(26)20(27)14-17)16-31(2)21(35)15-25(28,29)30/h5-11,13-14H,4,12,15-16H2,1-3H3/t24-/m1/s1. The number of benzene rings is 2. The maximum absolute atomic E-state index is 13.5. The Morgan fingerprint density at radius 2 is 1.57 bits per heavy atom. The van der Waals surface area contributed by atoms with Crippen molar-refractivity contribution in [3.63, 3.8) is 0 Å². The van der Waals surface area contributed by atoms with Gasteiger partial charge < -0.3 is 19.5 Å². The molecular formula is C25H26Cl2F3N3O4. The zero-order chi connectivity index (χ0) is 28.0. The van der Waals surface area contributed by atoms with Crippen LogP contribution in [0.1, 0.15) is 25.3 Å². The third-order valence-electron chi connectivity index (χ3n) is 5.91. The number of halogens is 5. The molecule has 2 aromatic carbocycles. The Balaban J connectivity index is 2.59. The Morgan fingerprint density at radius 1 is 0.946 bits per heavy atom. The second-order valence-corrected chi connectivity index (χ2v) is 9.14. The summed E-state index contributed by atoms with van der Waals surface area (Å²) >= 11 is 12.2. The van der Waals surface area contributed by atoms with E-state index in [1.165, 1.54) is 30.1 Å². The molecule has 0 spiro atoms. The van der Waals surface area contributed by atoms with Crippen molar-refractivity contribution in [3.05, 3.63) is 64.1 Å². The molecule has 0 heterocycles. The van der Waals surface area contributed by atoms with Gasteiger partial charge in [-0.25, -0.2) is 0 Å². The van der Waals surface area contributed by atoms with E-state index in [-0.39, 0.29) is 22.2 Å². The number of alkyl halides is 3. The van der Waals surface area contributed by atoms with E-state index in [1.54, 1.807) is 37.3 Å². The van der Waals surface area contributed by atoms with Gasteiger partial charge in [0, 0.05) is 39.3 Å². The van der Waals surface area contributed by atoms with Crippen LogP contribution in [0.15, 0.2) is 48.5 Å². The van der Waals surface area contributed by atoms with Crippen LogP contribution >= 0.6 is 23.2 Å². The fraction of sp³-hybridized carbons (Fsp3) is 0.360. The van der Waals surface area contributed by atoms with Crippen molar-refractivity contribution < 1.29 is 32.3 Å². The van der Waals surface area contributed by atoms with Crippen LogP contribution in [-0.4, -0.2) is 67.2 Å². The van der Waals surface area contributed by atoms with Gasteiger partial charge in [-0.1, -0.05) is 47.5 Å². The van der Waals surface area contributed by atoms with Gasteiger partial charge >= 0.3 is 18.0 Å². The van der Waals surface area contributed by atoms with Crippen LogP contribution in [0.5, 0.6) is 0 Å². The number of rotatable bonds is 9. The van der Waals surface area contributed by atoms with E-state index in [1.807, 2.05) is 0 Å². The molecule has 0 bridgehead atoms. The SMILES string of the molecule is CCN(C(=O)C(=O)N(C)[C@](CC=O)(CN(C)C(=O)CC(F)(F)F)c1ccc(Cl)c(Cl)c1)c1ccccc1. The maximum atomic E-state index is 13.5. The first-order valence-corrected chi connectivity index (χ1v) is 11.9. The van der Waals surface area contributed by atoms with Crippen molar-refractivity contribution in [3.8, 4) is 0 Å². The molecular weight excluding hydrogens is 534 g/mol. The zero-order valence-corrected chi connectivity index (χ0v) is 21.9. The molecule has 0 aliphatic carbocycles. The Hall–Kier alpha value is -3.11. The normalized spacial score (nSPS) is 12.9. The molecule has 0 saturated carbocycles. The van der Waals surface area contributed by atoms with Gasteiger partial charge in [0.1, 0.15) is 12.7 Å². The van der Waals surface area contributed by atoms with Gasteiger partial charge in [-0.15, -0.1) is 0 Å². The molecule has 0 aliphatic heterocycles. The predicted octanol–water partition coefficient (Wildman–Crippen LogP) is 4.70. The molecule has 0 fully saturated rings. The second kappa shape index (κ2) is 12.4. The lowest BCUT2D eigenvalue weighted by molar-refractivity contribution is -0.163. The zero-order valence-electron chi connectivity index (χ0n) is 20.4. The second-order valence-electron chi connectivity index (χ2n) is 8.32. The fourth-order valence-electron chi connectivity index (χ4n) is 3.93. The molecule has 7 nitrogen and oxygen atoms in total. The summed E-state index contributed by atoms with van der Waals surface area (Å²) in [5, 5.41) is 0.198. The highest BCUT2D eigenvalue weighted by Crippen LogP contribution is 2.36. The summed E-state index contributed by atoms with van der Waals surface area (Å²) in [4.78, 5) is 54.0. The molecule has 3 amide bonds. The number of carbonyl (C=O) groups excluding carboxylic acids is 4. The molecule has 0 aliphatic rings. The van der Waals surface area contributed by atoms with E-state index >= 15 is 0 Å². The molecule has 200 valence electrons. The third kappa shape index (κ3) is 7.23. The molecule has 37 heavy (non-hydrogen) atoms. The van der Waals surface area contributed by atoms with E-state index < -0.39 is 48.8 Å². The van der Waals surface area contributed by atoms with Gasteiger partial charge in [0.15, 0.2) is 0 Å². The minimum absolute atomic E-state index is 0.0466. The number of anilines is 1. The lowest BCUT2D eigenvalue weighted by Gasteiger charge is -2.44. The number of likely N-dealkylation sites (N-methyl/N-ethyl adjacent to an activating group) is 3. The molecule has 1 atom stereocenters. The molecule has 0 radical (unpaired) electrons. The van der Waals surface area contributed by atoms with Crippen LogP contribution in [0.2, 0.25) is 10.0 Å². The van der Waals surface area contributed by atoms with Gasteiger partial charge in [0.2, 0.25) is 5.91 Å². The van der Waals surface area contributed by atoms with E-state index in [4.69, 9.17) is 23.2 Å². The Kier molecular flexibility index (Phi) is 10.1. The topological polar surface area (TPSA) is 78.0 Å². The third-order valence-corrected chi connectivity index (χ3v) is 6.65. The average molecular weight is 560 g/mol. The highest BCUT2D eigenvalue weighted by molar-refractivity contribution is 6.42. The van der Waals surface area contributed by atoms with Crippen LogP contribution < -0.4 is 4.90 Å². The summed E-state index contributed by atoms with van der Waals surface area (Å²) in [6.07, 6.45) is -6.51. The van der Waals surface area contributed by atoms with Crippen LogP contribution in [0, 0.1) is 0 Å². The molecule has 12 heteroatoms. The molecule has 0 aromatic heterocycles. The lowest BCUT2D eigenvalue weighted by Crippen LogP contribution is -2.58. The number of carbonyl (C=O) groups is 4.